The van der Waals surface area contributed by atoms with Crippen molar-refractivity contribution in [3.05, 3.63) is 52.5 Å². The molecule has 3 nitrogen and oxygen atoms in total. The predicted molar refractivity (Wildman–Crippen MR) is 88.9 cm³/mol. The van der Waals surface area contributed by atoms with Crippen LogP contribution in [0.25, 0.3) is 0 Å². The minimum atomic E-state index is -1.49. The van der Waals surface area contributed by atoms with Crippen LogP contribution in [-0.4, -0.2) is 29.5 Å². The van der Waals surface area contributed by atoms with Gasteiger partial charge in [-0.3, -0.25) is 0 Å². The van der Waals surface area contributed by atoms with Crippen LogP contribution in [0.4, 0.5) is 0 Å². The molecule has 2 aromatic carbocycles. The average molecular weight is 343 g/mol. The Labute approximate surface area is 138 Å². The van der Waals surface area contributed by atoms with Gasteiger partial charge in [-0.05, 0) is 35.8 Å². The van der Waals surface area contributed by atoms with Gasteiger partial charge < -0.3 is 14.8 Å². The molecule has 2 aromatic rings. The molecule has 0 aromatic heterocycles. The number of hydrogen-bond donors (Lipinski definition) is 2. The molecule has 0 aliphatic carbocycles. The Morgan fingerprint density at radius 2 is 1.76 bits per heavy atom. The number of rotatable bonds is 6. The molecule has 110 valence electrons. The number of hydrogen-bond acceptors (Lipinski definition) is 4. The minimum absolute atomic E-state index is 0.404. The number of ether oxygens (including phenoxy) is 1. The highest BCUT2D eigenvalue weighted by atomic mass is 35.5. The number of thioether (sulfide) groups is 1. The van der Waals surface area contributed by atoms with Gasteiger partial charge in [0.1, 0.15) is 5.75 Å². The maximum Gasteiger partial charge on any atom is 0.488 e. The molecule has 0 amide bonds. The summed E-state index contributed by atoms with van der Waals surface area (Å²) < 4.78 is 5.57. The van der Waals surface area contributed by atoms with E-state index in [0.29, 0.717) is 27.9 Å². The first-order chi connectivity index (χ1) is 10.0. The summed E-state index contributed by atoms with van der Waals surface area (Å²) in [6, 6.07) is 12.1. The van der Waals surface area contributed by atoms with Crippen LogP contribution in [-0.2, 0) is 0 Å². The van der Waals surface area contributed by atoms with Crippen molar-refractivity contribution < 1.29 is 14.8 Å². The van der Waals surface area contributed by atoms with Crippen LogP contribution in [0.5, 0.6) is 5.75 Å². The van der Waals surface area contributed by atoms with Gasteiger partial charge in [-0.25, -0.2) is 0 Å². The zero-order chi connectivity index (χ0) is 15.2. The normalized spacial score (nSPS) is 10.5. The van der Waals surface area contributed by atoms with E-state index < -0.39 is 7.12 Å². The first-order valence-corrected chi connectivity index (χ1v) is 7.96. The fourth-order valence-corrected chi connectivity index (χ4v) is 3.17. The Bertz CT molecular complexity index is 590. The summed E-state index contributed by atoms with van der Waals surface area (Å²) >= 11 is 13.4. The molecule has 0 aliphatic heterocycles. The van der Waals surface area contributed by atoms with E-state index in [4.69, 9.17) is 38.0 Å². The Balaban J connectivity index is 1.83. The second-order valence-electron chi connectivity index (χ2n) is 4.25. The molecule has 21 heavy (non-hydrogen) atoms. The molecule has 0 heterocycles. The van der Waals surface area contributed by atoms with E-state index >= 15 is 0 Å². The highest BCUT2D eigenvalue weighted by Crippen LogP contribution is 2.26. The SMILES string of the molecule is OB(O)c1cccc(OCCSc2cc(Cl)cc(Cl)c2)c1. The summed E-state index contributed by atoms with van der Waals surface area (Å²) in [6.45, 7) is 0.486. The molecule has 2 rings (SSSR count). The summed E-state index contributed by atoms with van der Waals surface area (Å²) in [5.41, 5.74) is 0.404. The molecule has 0 saturated heterocycles. The van der Waals surface area contributed by atoms with Gasteiger partial charge in [0.2, 0.25) is 0 Å². The van der Waals surface area contributed by atoms with E-state index in [9.17, 15) is 0 Å². The van der Waals surface area contributed by atoms with Crippen molar-refractivity contribution in [2.45, 2.75) is 4.90 Å². The Morgan fingerprint density at radius 3 is 2.43 bits per heavy atom. The second kappa shape index (κ2) is 7.96. The van der Waals surface area contributed by atoms with E-state index in [1.54, 1.807) is 42.1 Å². The lowest BCUT2D eigenvalue weighted by molar-refractivity contribution is 0.344. The van der Waals surface area contributed by atoms with Gasteiger partial charge in [0.05, 0.1) is 6.61 Å². The lowest BCUT2D eigenvalue weighted by atomic mass is 9.80. The molecule has 2 N–H and O–H groups in total. The molecule has 0 radical (unpaired) electrons. The topological polar surface area (TPSA) is 49.7 Å². The summed E-state index contributed by atoms with van der Waals surface area (Å²) in [6.07, 6.45) is 0. The number of halogens is 2. The zero-order valence-corrected chi connectivity index (χ0v) is 13.3. The van der Waals surface area contributed by atoms with Crippen molar-refractivity contribution in [2.75, 3.05) is 12.4 Å². The van der Waals surface area contributed by atoms with Gasteiger partial charge >= 0.3 is 7.12 Å². The predicted octanol–water partition coefficient (Wildman–Crippen LogP) is 2.84. The largest absolute Gasteiger partial charge is 0.493 e. The van der Waals surface area contributed by atoms with Crippen molar-refractivity contribution in [1.82, 2.24) is 0 Å². The third-order valence-electron chi connectivity index (χ3n) is 2.61. The van der Waals surface area contributed by atoms with Gasteiger partial charge in [0.15, 0.2) is 0 Å². The summed E-state index contributed by atoms with van der Waals surface area (Å²) in [7, 11) is -1.49. The van der Waals surface area contributed by atoms with Crippen LogP contribution in [0.1, 0.15) is 0 Å². The van der Waals surface area contributed by atoms with Crippen LogP contribution < -0.4 is 10.2 Å². The molecular formula is C14H13BCl2O3S. The standard InChI is InChI=1S/C14H13BCl2O3S/c16-11-7-12(17)9-14(8-11)21-5-4-20-13-3-1-2-10(6-13)15(18)19/h1-3,6-9,18-19H,4-5H2. The van der Waals surface area contributed by atoms with E-state index in [1.807, 2.05) is 12.1 Å². The third kappa shape index (κ3) is 5.45. The molecule has 7 heteroatoms. The van der Waals surface area contributed by atoms with Crippen LogP contribution in [0.15, 0.2) is 47.4 Å². The fraction of sp³-hybridized carbons (Fsp3) is 0.143. The van der Waals surface area contributed by atoms with E-state index in [1.165, 1.54) is 0 Å². The Kier molecular flexibility index (Phi) is 6.27. The Morgan fingerprint density at radius 1 is 1.05 bits per heavy atom. The molecule has 0 spiro atoms. The van der Waals surface area contributed by atoms with E-state index in [-0.39, 0.29) is 0 Å². The van der Waals surface area contributed by atoms with Crippen LogP contribution in [0.3, 0.4) is 0 Å². The van der Waals surface area contributed by atoms with Gasteiger partial charge in [-0.1, -0.05) is 35.3 Å². The Hall–Kier alpha value is -0.845. The first kappa shape index (κ1) is 16.5. The van der Waals surface area contributed by atoms with Crippen molar-refractivity contribution in [2.24, 2.45) is 0 Å². The maximum atomic E-state index is 9.09. The summed E-state index contributed by atoms with van der Waals surface area (Å²) in [5.74, 6) is 1.33. The smallest absolute Gasteiger partial charge is 0.488 e. The van der Waals surface area contributed by atoms with Gasteiger partial charge in [-0.15, -0.1) is 11.8 Å². The highest BCUT2D eigenvalue weighted by Gasteiger charge is 2.10. The van der Waals surface area contributed by atoms with Gasteiger partial charge in [0.25, 0.3) is 0 Å². The molecular weight excluding hydrogens is 330 g/mol. The molecule has 0 fully saturated rings. The minimum Gasteiger partial charge on any atom is -0.493 e. The van der Waals surface area contributed by atoms with Crippen molar-refractivity contribution >= 4 is 47.5 Å². The average Bonchev–Trinajstić information content (AvgIpc) is 2.43. The van der Waals surface area contributed by atoms with Crippen LogP contribution in [0, 0.1) is 0 Å². The first-order valence-electron chi connectivity index (χ1n) is 6.22. The number of benzene rings is 2. The van der Waals surface area contributed by atoms with Crippen LogP contribution >= 0.6 is 35.0 Å². The summed E-state index contributed by atoms with van der Waals surface area (Å²) in [4.78, 5) is 0.982. The zero-order valence-electron chi connectivity index (χ0n) is 11.0. The van der Waals surface area contributed by atoms with Gasteiger partial charge in [0, 0.05) is 20.7 Å². The van der Waals surface area contributed by atoms with Crippen LogP contribution in [0.2, 0.25) is 10.0 Å². The van der Waals surface area contributed by atoms with E-state index in [2.05, 4.69) is 0 Å². The van der Waals surface area contributed by atoms with Crippen molar-refractivity contribution in [3.63, 3.8) is 0 Å². The van der Waals surface area contributed by atoms with E-state index in [0.717, 1.165) is 10.6 Å². The molecule has 0 bridgehead atoms. The highest BCUT2D eigenvalue weighted by molar-refractivity contribution is 7.99. The molecule has 0 atom stereocenters. The van der Waals surface area contributed by atoms with Crippen molar-refractivity contribution in [1.29, 1.82) is 0 Å². The lowest BCUT2D eigenvalue weighted by Crippen LogP contribution is -2.29. The fourth-order valence-electron chi connectivity index (χ4n) is 1.70. The van der Waals surface area contributed by atoms with Crippen molar-refractivity contribution in [3.8, 4) is 5.75 Å². The molecule has 0 unspecified atom stereocenters. The maximum absolute atomic E-state index is 9.09. The quantitative estimate of drug-likeness (QED) is 0.481. The lowest BCUT2D eigenvalue weighted by Gasteiger charge is -2.08. The second-order valence-corrected chi connectivity index (χ2v) is 6.29. The summed E-state index contributed by atoms with van der Waals surface area (Å²) in [5, 5.41) is 19.4. The molecule has 0 saturated carbocycles. The molecule has 0 aliphatic rings. The van der Waals surface area contributed by atoms with Gasteiger partial charge in [-0.2, -0.15) is 0 Å². The monoisotopic (exact) mass is 342 g/mol. The third-order valence-corrected chi connectivity index (χ3v) is 3.99.